The molecule has 0 unspecified atom stereocenters. The number of hydrogen-bond donors (Lipinski definition) is 1. The molecule has 1 N–H and O–H groups in total. The third kappa shape index (κ3) is 5.20. The van der Waals surface area contributed by atoms with E-state index in [2.05, 4.69) is 5.32 Å². The van der Waals surface area contributed by atoms with Crippen LogP contribution in [0.2, 0.25) is 0 Å². The maximum Gasteiger partial charge on any atom is 0.243 e. The van der Waals surface area contributed by atoms with Crippen LogP contribution in [0.25, 0.3) is 5.69 Å². The van der Waals surface area contributed by atoms with Crippen molar-refractivity contribution >= 4 is 27.3 Å². The summed E-state index contributed by atoms with van der Waals surface area (Å²) in [7, 11) is 0.0755. The molecule has 0 spiro atoms. The van der Waals surface area contributed by atoms with Crippen LogP contribution in [0.3, 0.4) is 0 Å². The molecule has 0 saturated carbocycles. The maximum atomic E-state index is 12.9. The van der Waals surface area contributed by atoms with Gasteiger partial charge in [0.05, 0.1) is 22.7 Å². The van der Waals surface area contributed by atoms with E-state index in [1.54, 1.807) is 26.0 Å². The van der Waals surface area contributed by atoms with Crippen molar-refractivity contribution < 1.29 is 13.2 Å². The van der Waals surface area contributed by atoms with Gasteiger partial charge in [-0.1, -0.05) is 26.0 Å². The second-order valence-corrected chi connectivity index (χ2v) is 9.58. The molecule has 0 aliphatic rings. The summed E-state index contributed by atoms with van der Waals surface area (Å²) in [4.78, 5) is 14.8. The van der Waals surface area contributed by atoms with E-state index in [4.69, 9.17) is 0 Å². The third-order valence-electron chi connectivity index (χ3n) is 5.27. The van der Waals surface area contributed by atoms with E-state index < -0.39 is 10.0 Å². The van der Waals surface area contributed by atoms with E-state index in [0.29, 0.717) is 18.8 Å². The summed E-state index contributed by atoms with van der Waals surface area (Å²) in [5, 5.41) is 2.90. The standard InChI is InChI=1S/C24H30N4O3S/c1-5-28(6-2)32(30,31)21-13-14-23(26(3)4)22(18-21)25-24(29)17-19-9-11-20(12-10-19)27-15-7-8-16-27/h7-16,18H,5-6,17H2,1-4H3,(H,25,29). The van der Waals surface area contributed by atoms with Crippen molar-refractivity contribution in [3.05, 3.63) is 72.6 Å². The Morgan fingerprint density at radius 1 is 0.969 bits per heavy atom. The summed E-state index contributed by atoms with van der Waals surface area (Å²) < 4.78 is 29.3. The number of nitrogens with one attached hydrogen (secondary N) is 1. The molecular formula is C24H30N4O3S. The van der Waals surface area contributed by atoms with Crippen molar-refractivity contribution in [2.45, 2.75) is 25.2 Å². The van der Waals surface area contributed by atoms with Gasteiger partial charge < -0.3 is 14.8 Å². The Hall–Kier alpha value is -3.10. The fourth-order valence-electron chi connectivity index (χ4n) is 3.55. The van der Waals surface area contributed by atoms with E-state index >= 15 is 0 Å². The average molecular weight is 455 g/mol. The van der Waals surface area contributed by atoms with Crippen LogP contribution in [0.5, 0.6) is 0 Å². The van der Waals surface area contributed by atoms with Crippen LogP contribution in [0.1, 0.15) is 19.4 Å². The first kappa shape index (κ1) is 23.6. The van der Waals surface area contributed by atoms with E-state index in [1.165, 1.54) is 10.4 Å². The molecule has 7 nitrogen and oxygen atoms in total. The highest BCUT2D eigenvalue weighted by atomic mass is 32.2. The van der Waals surface area contributed by atoms with Gasteiger partial charge >= 0.3 is 0 Å². The lowest BCUT2D eigenvalue weighted by Gasteiger charge is -2.22. The molecule has 1 heterocycles. The summed E-state index contributed by atoms with van der Waals surface area (Å²) in [5.74, 6) is -0.209. The van der Waals surface area contributed by atoms with Crippen molar-refractivity contribution in [2.24, 2.45) is 0 Å². The number of aromatic nitrogens is 1. The molecule has 0 fully saturated rings. The molecule has 0 bridgehead atoms. The number of rotatable bonds is 9. The van der Waals surface area contributed by atoms with Crippen molar-refractivity contribution in [3.8, 4) is 5.69 Å². The molecule has 170 valence electrons. The third-order valence-corrected chi connectivity index (χ3v) is 7.32. The summed E-state index contributed by atoms with van der Waals surface area (Å²) >= 11 is 0. The van der Waals surface area contributed by atoms with Crippen LogP contribution in [0.4, 0.5) is 11.4 Å². The SMILES string of the molecule is CCN(CC)S(=O)(=O)c1ccc(N(C)C)c(NC(=O)Cc2ccc(-n3cccc3)cc2)c1. The van der Waals surface area contributed by atoms with Crippen LogP contribution < -0.4 is 10.2 Å². The fraction of sp³-hybridized carbons (Fsp3) is 0.292. The Bertz CT molecular complexity index is 1150. The van der Waals surface area contributed by atoms with Gasteiger partial charge in [-0.15, -0.1) is 0 Å². The van der Waals surface area contributed by atoms with E-state index in [1.807, 2.05) is 72.4 Å². The Labute approximate surface area is 190 Å². The van der Waals surface area contributed by atoms with Gasteiger partial charge in [0.2, 0.25) is 15.9 Å². The van der Waals surface area contributed by atoms with Gasteiger partial charge in [-0.25, -0.2) is 8.42 Å². The predicted octanol–water partition coefficient (Wildman–Crippen LogP) is 3.76. The van der Waals surface area contributed by atoms with Gasteiger partial charge in [0.25, 0.3) is 0 Å². The zero-order chi connectivity index (χ0) is 23.3. The summed E-state index contributed by atoms with van der Waals surface area (Å²) in [6.07, 6.45) is 4.11. The fourth-order valence-corrected chi connectivity index (χ4v) is 5.04. The molecule has 1 amide bonds. The average Bonchev–Trinajstić information content (AvgIpc) is 3.29. The number of benzene rings is 2. The topological polar surface area (TPSA) is 74.7 Å². The molecular weight excluding hydrogens is 424 g/mol. The highest BCUT2D eigenvalue weighted by Gasteiger charge is 2.23. The highest BCUT2D eigenvalue weighted by molar-refractivity contribution is 7.89. The van der Waals surface area contributed by atoms with Crippen molar-refractivity contribution in [3.63, 3.8) is 0 Å². The molecule has 0 aliphatic carbocycles. The summed E-state index contributed by atoms with van der Waals surface area (Å²) in [6, 6.07) is 16.5. The van der Waals surface area contributed by atoms with Crippen LogP contribution in [-0.2, 0) is 21.2 Å². The van der Waals surface area contributed by atoms with Gasteiger partial charge in [-0.05, 0) is 48.0 Å². The van der Waals surface area contributed by atoms with Crippen LogP contribution >= 0.6 is 0 Å². The molecule has 2 aromatic carbocycles. The molecule has 32 heavy (non-hydrogen) atoms. The number of carbonyl (C=O) groups excluding carboxylic acids is 1. The van der Waals surface area contributed by atoms with E-state index in [-0.39, 0.29) is 17.2 Å². The lowest BCUT2D eigenvalue weighted by atomic mass is 10.1. The minimum Gasteiger partial charge on any atom is -0.376 e. The van der Waals surface area contributed by atoms with Crippen molar-refractivity contribution in [2.75, 3.05) is 37.4 Å². The summed E-state index contributed by atoms with van der Waals surface area (Å²) in [6.45, 7) is 4.38. The van der Waals surface area contributed by atoms with Crippen molar-refractivity contribution in [1.29, 1.82) is 0 Å². The first-order chi connectivity index (χ1) is 15.3. The quantitative estimate of drug-likeness (QED) is 0.534. The zero-order valence-electron chi connectivity index (χ0n) is 18.9. The number of anilines is 2. The smallest absolute Gasteiger partial charge is 0.243 e. The lowest BCUT2D eigenvalue weighted by Crippen LogP contribution is -2.30. The van der Waals surface area contributed by atoms with Crippen LogP contribution in [-0.4, -0.2) is 50.4 Å². The zero-order valence-corrected chi connectivity index (χ0v) is 19.8. The molecule has 3 aromatic rings. The minimum absolute atomic E-state index is 0.165. The van der Waals surface area contributed by atoms with Gasteiger partial charge in [-0.3, -0.25) is 4.79 Å². The lowest BCUT2D eigenvalue weighted by molar-refractivity contribution is -0.115. The van der Waals surface area contributed by atoms with Gasteiger partial charge in [0.15, 0.2) is 0 Å². The highest BCUT2D eigenvalue weighted by Crippen LogP contribution is 2.29. The van der Waals surface area contributed by atoms with Gasteiger partial charge in [-0.2, -0.15) is 4.31 Å². The second kappa shape index (κ2) is 10.0. The van der Waals surface area contributed by atoms with Crippen molar-refractivity contribution in [1.82, 2.24) is 8.87 Å². The molecule has 8 heteroatoms. The van der Waals surface area contributed by atoms with E-state index in [9.17, 15) is 13.2 Å². The van der Waals surface area contributed by atoms with Crippen LogP contribution in [0.15, 0.2) is 71.9 Å². The Morgan fingerprint density at radius 3 is 2.16 bits per heavy atom. The number of amides is 1. The van der Waals surface area contributed by atoms with Gasteiger partial charge in [0, 0.05) is 45.3 Å². The molecule has 1 aromatic heterocycles. The molecule has 0 radical (unpaired) electrons. The van der Waals surface area contributed by atoms with Crippen LogP contribution in [0, 0.1) is 0 Å². The first-order valence-corrected chi connectivity index (χ1v) is 12.0. The molecule has 0 atom stereocenters. The number of nitrogens with zero attached hydrogens (tertiary/aromatic N) is 3. The number of hydrogen-bond acceptors (Lipinski definition) is 4. The first-order valence-electron chi connectivity index (χ1n) is 10.6. The Kier molecular flexibility index (Phi) is 7.37. The number of sulfonamides is 1. The monoisotopic (exact) mass is 454 g/mol. The Balaban J connectivity index is 1.81. The summed E-state index contributed by atoms with van der Waals surface area (Å²) in [5.41, 5.74) is 3.09. The maximum absolute atomic E-state index is 12.9. The Morgan fingerprint density at radius 2 is 1.59 bits per heavy atom. The number of carbonyl (C=O) groups is 1. The molecule has 0 aliphatic heterocycles. The minimum atomic E-state index is -3.63. The molecule has 0 saturated heterocycles. The second-order valence-electron chi connectivity index (χ2n) is 7.64. The van der Waals surface area contributed by atoms with Gasteiger partial charge in [0.1, 0.15) is 0 Å². The normalized spacial score (nSPS) is 11.5. The predicted molar refractivity (Wildman–Crippen MR) is 129 cm³/mol. The molecule has 3 rings (SSSR count). The largest absolute Gasteiger partial charge is 0.376 e. The van der Waals surface area contributed by atoms with E-state index in [0.717, 1.165) is 16.9 Å².